The van der Waals surface area contributed by atoms with Gasteiger partial charge < -0.3 is 4.74 Å². The lowest BCUT2D eigenvalue weighted by Gasteiger charge is -2.23. The van der Waals surface area contributed by atoms with Crippen LogP contribution in [0.5, 0.6) is 11.6 Å². The smallest absolute Gasteiger partial charge is 0.246 e. The second-order valence-electron chi connectivity index (χ2n) is 9.55. The van der Waals surface area contributed by atoms with Crippen molar-refractivity contribution in [3.05, 3.63) is 59.2 Å². The van der Waals surface area contributed by atoms with E-state index in [0.717, 1.165) is 55.1 Å². The standard InChI is InChI=1S/C25H25N5O5S2/c1-15-10-21(17-4-5-17)28-23(18-6-7-18)24(15)35-25-22(30(36(2,31)32)37(3,33)34)9-8-20(29-25)19-11-16(12-26)13-27-14-19/h8-11,13-14,17-18H,4-7H2,1-3H3. The molecule has 37 heavy (non-hydrogen) atoms. The fourth-order valence-electron chi connectivity index (χ4n) is 4.21. The summed E-state index contributed by atoms with van der Waals surface area (Å²) in [6, 6.07) is 8.36. The van der Waals surface area contributed by atoms with Crippen LogP contribution in [0.25, 0.3) is 11.3 Å². The number of sulfonamides is 2. The Labute approximate surface area is 216 Å². The summed E-state index contributed by atoms with van der Waals surface area (Å²) in [7, 11) is -8.52. The molecule has 3 aromatic heterocycles. The first-order valence-corrected chi connectivity index (χ1v) is 15.4. The summed E-state index contributed by atoms with van der Waals surface area (Å²) in [4.78, 5) is 13.5. The Kier molecular flexibility index (Phi) is 6.16. The first-order chi connectivity index (χ1) is 17.5. The van der Waals surface area contributed by atoms with Gasteiger partial charge in [0.1, 0.15) is 11.8 Å². The zero-order valence-electron chi connectivity index (χ0n) is 20.5. The minimum Gasteiger partial charge on any atom is -0.435 e. The summed E-state index contributed by atoms with van der Waals surface area (Å²) >= 11 is 0. The van der Waals surface area contributed by atoms with Crippen LogP contribution in [0.15, 0.2) is 36.7 Å². The summed E-state index contributed by atoms with van der Waals surface area (Å²) in [5, 5.41) is 9.26. The number of aromatic nitrogens is 3. The summed E-state index contributed by atoms with van der Waals surface area (Å²) in [6.45, 7) is 1.89. The third-order valence-electron chi connectivity index (χ3n) is 6.17. The molecule has 0 unspecified atom stereocenters. The van der Waals surface area contributed by atoms with Gasteiger partial charge in [-0.05, 0) is 62.4 Å². The number of hydrogen-bond acceptors (Lipinski definition) is 9. The molecule has 192 valence electrons. The number of nitrogens with zero attached hydrogens (tertiary/aromatic N) is 5. The van der Waals surface area contributed by atoms with E-state index in [1.165, 1.54) is 24.5 Å². The largest absolute Gasteiger partial charge is 0.435 e. The zero-order valence-corrected chi connectivity index (χ0v) is 22.2. The van der Waals surface area contributed by atoms with Gasteiger partial charge in [-0.2, -0.15) is 8.97 Å². The third-order valence-corrected chi connectivity index (χ3v) is 9.39. The van der Waals surface area contributed by atoms with Gasteiger partial charge in [0, 0.05) is 35.5 Å². The predicted molar refractivity (Wildman–Crippen MR) is 137 cm³/mol. The van der Waals surface area contributed by atoms with Gasteiger partial charge in [-0.15, -0.1) is 0 Å². The van der Waals surface area contributed by atoms with Crippen LogP contribution in [0.1, 0.15) is 60.0 Å². The highest BCUT2D eigenvalue weighted by molar-refractivity contribution is 8.09. The van der Waals surface area contributed by atoms with Crippen molar-refractivity contribution < 1.29 is 21.6 Å². The van der Waals surface area contributed by atoms with Crippen LogP contribution < -0.4 is 8.45 Å². The molecule has 0 aromatic carbocycles. The maximum Gasteiger partial charge on any atom is 0.246 e. The first-order valence-electron chi connectivity index (χ1n) is 11.7. The molecule has 0 saturated heterocycles. The Balaban J connectivity index is 1.69. The first kappa shape index (κ1) is 25.1. The van der Waals surface area contributed by atoms with Crippen LogP contribution >= 0.6 is 0 Å². The molecule has 0 bridgehead atoms. The van der Waals surface area contributed by atoms with Crippen LogP contribution in [-0.4, -0.2) is 44.3 Å². The predicted octanol–water partition coefficient (Wildman–Crippen LogP) is 3.99. The summed E-state index contributed by atoms with van der Waals surface area (Å²) in [5.74, 6) is 0.898. The fourth-order valence-corrected chi connectivity index (χ4v) is 7.18. The van der Waals surface area contributed by atoms with Crippen molar-refractivity contribution in [1.29, 1.82) is 5.26 Å². The van der Waals surface area contributed by atoms with Gasteiger partial charge in [-0.3, -0.25) is 9.97 Å². The highest BCUT2D eigenvalue weighted by atomic mass is 32.3. The van der Waals surface area contributed by atoms with Crippen LogP contribution in [0, 0.1) is 18.3 Å². The van der Waals surface area contributed by atoms with Gasteiger partial charge in [0.25, 0.3) is 0 Å². The van der Waals surface area contributed by atoms with Crippen molar-refractivity contribution in [2.24, 2.45) is 0 Å². The van der Waals surface area contributed by atoms with E-state index in [2.05, 4.69) is 9.97 Å². The van der Waals surface area contributed by atoms with Gasteiger partial charge in [0.05, 0.1) is 29.5 Å². The summed E-state index contributed by atoms with van der Waals surface area (Å²) in [6.07, 6.45) is 8.63. The molecule has 2 aliphatic rings. The minimum absolute atomic E-state index is 0.207. The number of rotatable bonds is 8. The van der Waals surface area contributed by atoms with Gasteiger partial charge >= 0.3 is 0 Å². The van der Waals surface area contributed by atoms with E-state index in [1.807, 2.05) is 19.1 Å². The molecule has 3 heterocycles. The molecule has 0 amide bonds. The van der Waals surface area contributed by atoms with E-state index < -0.39 is 20.0 Å². The van der Waals surface area contributed by atoms with Crippen LogP contribution in [0.3, 0.4) is 0 Å². The number of ether oxygens (including phenoxy) is 1. The Morgan fingerprint density at radius 2 is 1.65 bits per heavy atom. The lowest BCUT2D eigenvalue weighted by molar-refractivity contribution is 0.451. The Morgan fingerprint density at radius 1 is 0.973 bits per heavy atom. The van der Waals surface area contributed by atoms with Gasteiger partial charge in [-0.1, -0.05) is 0 Å². The van der Waals surface area contributed by atoms with Gasteiger partial charge in [-0.25, -0.2) is 21.8 Å². The van der Waals surface area contributed by atoms with E-state index in [-0.39, 0.29) is 17.5 Å². The van der Waals surface area contributed by atoms with E-state index >= 15 is 0 Å². The van der Waals surface area contributed by atoms with Crippen LogP contribution in [0.4, 0.5) is 5.69 Å². The monoisotopic (exact) mass is 539 g/mol. The Bertz CT molecular complexity index is 1630. The molecular weight excluding hydrogens is 514 g/mol. The van der Waals surface area contributed by atoms with E-state index in [0.29, 0.717) is 32.2 Å². The third kappa shape index (κ3) is 5.28. The molecule has 0 atom stereocenters. The normalized spacial score (nSPS) is 15.7. The van der Waals surface area contributed by atoms with E-state index in [4.69, 9.17) is 9.72 Å². The molecule has 2 aliphatic carbocycles. The van der Waals surface area contributed by atoms with Gasteiger partial charge in [0.15, 0.2) is 5.75 Å². The molecule has 5 rings (SSSR count). The lowest BCUT2D eigenvalue weighted by atomic mass is 10.1. The molecule has 10 nitrogen and oxygen atoms in total. The molecule has 0 radical (unpaired) electrons. The van der Waals surface area contributed by atoms with Crippen molar-refractivity contribution in [2.75, 3.05) is 16.2 Å². The average Bonchev–Trinajstić information content (AvgIpc) is 3.73. The quantitative estimate of drug-likeness (QED) is 0.415. The highest BCUT2D eigenvalue weighted by Crippen LogP contribution is 2.49. The fraction of sp³-hybridized carbons (Fsp3) is 0.360. The second-order valence-corrected chi connectivity index (χ2v) is 13.4. The molecule has 0 aliphatic heterocycles. The molecule has 3 aromatic rings. The van der Waals surface area contributed by atoms with E-state index in [1.54, 1.807) is 6.07 Å². The van der Waals surface area contributed by atoms with Gasteiger partial charge in [0.2, 0.25) is 25.9 Å². The second kappa shape index (κ2) is 9.08. The van der Waals surface area contributed by atoms with Crippen molar-refractivity contribution in [3.63, 3.8) is 0 Å². The average molecular weight is 540 g/mol. The number of aryl methyl sites for hydroxylation is 1. The van der Waals surface area contributed by atoms with Crippen molar-refractivity contribution in [2.45, 2.75) is 44.4 Å². The number of hydrogen-bond donors (Lipinski definition) is 0. The maximum atomic E-state index is 12.6. The zero-order chi connectivity index (χ0) is 26.5. The maximum absolute atomic E-state index is 12.6. The highest BCUT2D eigenvalue weighted by Gasteiger charge is 2.35. The Hall–Kier alpha value is -3.56. The lowest BCUT2D eigenvalue weighted by Crippen LogP contribution is -2.35. The SMILES string of the molecule is Cc1cc(C2CC2)nc(C2CC2)c1Oc1nc(-c2cncc(C#N)c2)ccc1N(S(C)(=O)=O)S(C)(=O)=O. The van der Waals surface area contributed by atoms with Crippen molar-refractivity contribution >= 4 is 25.7 Å². The molecule has 12 heteroatoms. The minimum atomic E-state index is -4.26. The number of anilines is 1. The van der Waals surface area contributed by atoms with Crippen LogP contribution in [0.2, 0.25) is 0 Å². The van der Waals surface area contributed by atoms with E-state index in [9.17, 15) is 22.1 Å². The van der Waals surface area contributed by atoms with Crippen molar-refractivity contribution in [3.8, 4) is 29.0 Å². The number of pyridine rings is 3. The molecular formula is C25H25N5O5S2. The summed E-state index contributed by atoms with van der Waals surface area (Å²) in [5.41, 5.74) is 3.49. The number of nitriles is 1. The van der Waals surface area contributed by atoms with Crippen LogP contribution in [-0.2, 0) is 20.0 Å². The summed E-state index contributed by atoms with van der Waals surface area (Å²) < 4.78 is 57.0. The molecule has 2 saturated carbocycles. The Morgan fingerprint density at radius 3 is 2.24 bits per heavy atom. The molecule has 2 fully saturated rings. The topological polar surface area (TPSA) is 143 Å². The molecule has 0 spiro atoms. The molecule has 0 N–H and O–H groups in total. The van der Waals surface area contributed by atoms with Crippen molar-refractivity contribution in [1.82, 2.24) is 15.0 Å².